The number of nitrogens with zero attached hydrogens (tertiary/aromatic N) is 2. The van der Waals surface area contributed by atoms with Crippen molar-refractivity contribution in [3.63, 3.8) is 0 Å². The van der Waals surface area contributed by atoms with Crippen molar-refractivity contribution in [3.05, 3.63) is 30.1 Å². The summed E-state index contributed by atoms with van der Waals surface area (Å²) in [5.74, 6) is -0.795. The van der Waals surface area contributed by atoms with Crippen LogP contribution >= 0.6 is 0 Å². The van der Waals surface area contributed by atoms with Crippen molar-refractivity contribution in [2.24, 2.45) is 5.41 Å². The molecule has 1 aromatic rings. The van der Waals surface area contributed by atoms with E-state index in [1.54, 1.807) is 24.5 Å². The molecule has 2 fully saturated rings. The predicted molar refractivity (Wildman–Crippen MR) is 69.2 cm³/mol. The minimum absolute atomic E-state index is 0.169. The van der Waals surface area contributed by atoms with Crippen LogP contribution in [0.15, 0.2) is 24.5 Å². The van der Waals surface area contributed by atoms with Gasteiger partial charge in [-0.05, 0) is 30.5 Å². The van der Waals surface area contributed by atoms with Gasteiger partial charge in [0, 0.05) is 12.4 Å². The van der Waals surface area contributed by atoms with E-state index < -0.39 is 17.4 Å². The number of carbonyl (C=O) groups excluding carboxylic acids is 3. The van der Waals surface area contributed by atoms with Crippen molar-refractivity contribution in [2.75, 3.05) is 0 Å². The zero-order valence-corrected chi connectivity index (χ0v) is 11.0. The third-order valence-corrected chi connectivity index (χ3v) is 4.10. The Morgan fingerprint density at radius 2 is 1.80 bits per heavy atom. The van der Waals surface area contributed by atoms with Gasteiger partial charge in [0.1, 0.15) is 5.41 Å². The van der Waals surface area contributed by atoms with Crippen LogP contribution in [-0.2, 0) is 16.1 Å². The SMILES string of the molecule is O=C1NC(=O)C2(CCCC2)C(=O)N1Cc1ccncc1. The highest BCUT2D eigenvalue weighted by Gasteiger charge is 2.54. The summed E-state index contributed by atoms with van der Waals surface area (Å²) in [6.45, 7) is 0.169. The quantitative estimate of drug-likeness (QED) is 0.822. The highest BCUT2D eigenvalue weighted by atomic mass is 16.2. The summed E-state index contributed by atoms with van der Waals surface area (Å²) in [7, 11) is 0. The molecule has 0 aromatic carbocycles. The van der Waals surface area contributed by atoms with E-state index in [9.17, 15) is 14.4 Å². The fraction of sp³-hybridized carbons (Fsp3) is 0.429. The average molecular weight is 273 g/mol. The van der Waals surface area contributed by atoms with Crippen LogP contribution in [0.2, 0.25) is 0 Å². The van der Waals surface area contributed by atoms with Crippen molar-refractivity contribution in [1.82, 2.24) is 15.2 Å². The van der Waals surface area contributed by atoms with Crippen LogP contribution in [0.4, 0.5) is 4.79 Å². The number of hydrogen-bond acceptors (Lipinski definition) is 4. The maximum absolute atomic E-state index is 12.6. The second-order valence-electron chi connectivity index (χ2n) is 5.30. The van der Waals surface area contributed by atoms with Gasteiger partial charge in [0.2, 0.25) is 11.8 Å². The van der Waals surface area contributed by atoms with Crippen LogP contribution in [0.1, 0.15) is 31.2 Å². The first-order valence-corrected chi connectivity index (χ1v) is 6.70. The molecule has 6 heteroatoms. The molecule has 6 nitrogen and oxygen atoms in total. The summed E-state index contributed by atoms with van der Waals surface area (Å²) in [4.78, 5) is 41.6. The number of aromatic nitrogens is 1. The molecular weight excluding hydrogens is 258 g/mol. The van der Waals surface area contributed by atoms with Crippen LogP contribution < -0.4 is 5.32 Å². The summed E-state index contributed by atoms with van der Waals surface area (Å²) < 4.78 is 0. The van der Waals surface area contributed by atoms with Gasteiger partial charge in [-0.25, -0.2) is 4.79 Å². The second-order valence-corrected chi connectivity index (χ2v) is 5.30. The highest BCUT2D eigenvalue weighted by molar-refractivity contribution is 6.19. The van der Waals surface area contributed by atoms with Gasteiger partial charge in [-0.2, -0.15) is 0 Å². The minimum Gasteiger partial charge on any atom is -0.277 e. The topological polar surface area (TPSA) is 79.4 Å². The van der Waals surface area contributed by atoms with Gasteiger partial charge in [-0.1, -0.05) is 12.8 Å². The summed E-state index contributed by atoms with van der Waals surface area (Å²) in [5, 5.41) is 2.32. The Bertz CT molecular complexity index is 564. The van der Waals surface area contributed by atoms with Crippen LogP contribution in [0.25, 0.3) is 0 Å². The maximum atomic E-state index is 12.6. The third-order valence-electron chi connectivity index (χ3n) is 4.10. The molecule has 4 amide bonds. The lowest BCUT2D eigenvalue weighted by Gasteiger charge is -2.36. The number of pyridine rings is 1. The van der Waals surface area contributed by atoms with Gasteiger partial charge in [0.05, 0.1) is 6.54 Å². The molecule has 0 radical (unpaired) electrons. The number of amides is 4. The van der Waals surface area contributed by atoms with Crippen LogP contribution in [0.3, 0.4) is 0 Å². The van der Waals surface area contributed by atoms with Crippen LogP contribution in [0.5, 0.6) is 0 Å². The van der Waals surface area contributed by atoms with E-state index in [-0.39, 0.29) is 12.5 Å². The average Bonchev–Trinajstić information content (AvgIpc) is 2.94. The van der Waals surface area contributed by atoms with Gasteiger partial charge in [0.25, 0.3) is 0 Å². The fourth-order valence-electron chi connectivity index (χ4n) is 2.97. The lowest BCUT2D eigenvalue weighted by Crippen LogP contribution is -2.62. The number of nitrogens with one attached hydrogen (secondary N) is 1. The van der Waals surface area contributed by atoms with Crippen molar-refractivity contribution in [3.8, 4) is 0 Å². The van der Waals surface area contributed by atoms with E-state index in [1.807, 2.05) is 0 Å². The second kappa shape index (κ2) is 4.70. The summed E-state index contributed by atoms with van der Waals surface area (Å²) in [6.07, 6.45) is 5.96. The van der Waals surface area contributed by atoms with E-state index in [4.69, 9.17) is 0 Å². The molecule has 0 unspecified atom stereocenters. The monoisotopic (exact) mass is 273 g/mol. The molecule has 3 rings (SSSR count). The largest absolute Gasteiger partial charge is 0.331 e. The predicted octanol–water partition coefficient (Wildman–Crippen LogP) is 1.22. The summed E-state index contributed by atoms with van der Waals surface area (Å²) in [6, 6.07) is 2.87. The molecule has 1 spiro atoms. The van der Waals surface area contributed by atoms with E-state index in [0.717, 1.165) is 23.3 Å². The van der Waals surface area contributed by atoms with Crippen molar-refractivity contribution in [2.45, 2.75) is 32.2 Å². The fourth-order valence-corrected chi connectivity index (χ4v) is 2.97. The molecule has 0 atom stereocenters. The lowest BCUT2D eigenvalue weighted by atomic mass is 9.82. The minimum atomic E-state index is -1.03. The molecule has 1 saturated heterocycles. The summed E-state index contributed by atoms with van der Waals surface area (Å²) in [5.41, 5.74) is -0.216. The van der Waals surface area contributed by atoms with Crippen LogP contribution in [0, 0.1) is 5.41 Å². The Kier molecular flexibility index (Phi) is 3.00. The number of barbiturate groups is 1. The first kappa shape index (κ1) is 12.8. The molecule has 1 aromatic heterocycles. The molecule has 0 bridgehead atoms. The number of rotatable bonds is 2. The maximum Gasteiger partial charge on any atom is 0.331 e. The Morgan fingerprint density at radius 1 is 1.15 bits per heavy atom. The molecular formula is C14H15N3O3. The van der Waals surface area contributed by atoms with Crippen molar-refractivity contribution in [1.29, 1.82) is 0 Å². The van der Waals surface area contributed by atoms with E-state index in [2.05, 4.69) is 10.3 Å². The Labute approximate surface area is 116 Å². The van der Waals surface area contributed by atoms with Gasteiger partial charge < -0.3 is 0 Å². The number of urea groups is 1. The third kappa shape index (κ3) is 1.88. The van der Waals surface area contributed by atoms with E-state index in [0.29, 0.717) is 12.8 Å². The Balaban J connectivity index is 1.88. The van der Waals surface area contributed by atoms with E-state index in [1.165, 1.54) is 0 Å². The molecule has 1 saturated carbocycles. The molecule has 1 aliphatic carbocycles. The number of imide groups is 2. The molecule has 2 heterocycles. The first-order chi connectivity index (χ1) is 9.63. The van der Waals surface area contributed by atoms with E-state index >= 15 is 0 Å². The molecule has 2 aliphatic rings. The summed E-state index contributed by atoms with van der Waals surface area (Å²) >= 11 is 0. The lowest BCUT2D eigenvalue weighted by molar-refractivity contribution is -0.151. The molecule has 1 N–H and O–H groups in total. The zero-order valence-electron chi connectivity index (χ0n) is 11.0. The van der Waals surface area contributed by atoms with Crippen molar-refractivity contribution >= 4 is 17.8 Å². The molecule has 20 heavy (non-hydrogen) atoms. The van der Waals surface area contributed by atoms with Gasteiger partial charge in [-0.15, -0.1) is 0 Å². The highest BCUT2D eigenvalue weighted by Crippen LogP contribution is 2.42. The van der Waals surface area contributed by atoms with Gasteiger partial charge >= 0.3 is 6.03 Å². The Hall–Kier alpha value is -2.24. The van der Waals surface area contributed by atoms with Gasteiger partial charge in [-0.3, -0.25) is 24.8 Å². The number of hydrogen-bond donors (Lipinski definition) is 1. The Morgan fingerprint density at radius 3 is 2.45 bits per heavy atom. The normalized spacial score (nSPS) is 21.4. The molecule has 104 valence electrons. The molecule has 1 aliphatic heterocycles. The standard InChI is InChI=1S/C14H15N3O3/c18-11-14(5-1-2-6-14)12(19)17(13(20)16-11)9-10-3-7-15-8-4-10/h3-4,7-8H,1-2,5-6,9H2,(H,16,18,20). The number of carbonyl (C=O) groups is 3. The van der Waals surface area contributed by atoms with Gasteiger partial charge in [0.15, 0.2) is 0 Å². The smallest absolute Gasteiger partial charge is 0.277 e. The first-order valence-electron chi connectivity index (χ1n) is 6.70. The van der Waals surface area contributed by atoms with Crippen molar-refractivity contribution < 1.29 is 14.4 Å². The zero-order chi connectivity index (χ0) is 14.2. The van der Waals surface area contributed by atoms with Crippen LogP contribution in [-0.4, -0.2) is 27.7 Å².